The van der Waals surface area contributed by atoms with E-state index in [4.69, 9.17) is 0 Å². The molecule has 0 saturated carbocycles. The minimum atomic E-state index is 0.106. The molecule has 1 heterocycles. The van der Waals surface area contributed by atoms with Crippen LogP contribution in [0.1, 0.15) is 13.8 Å². The van der Waals surface area contributed by atoms with Crippen LogP contribution in [0.5, 0.6) is 5.75 Å². The molecule has 3 rings (SSSR count). The standard InChI is InChI=1S/C17H19N5O/c1-3-22(4-2)12-9-10-15(16(23)11-12)20-21-17-18-13-7-5-6-8-14(13)19-17/h5-11,23H,3-4H2,1-2H3,(H,18,19). The van der Waals surface area contributed by atoms with Crippen LogP contribution < -0.4 is 4.90 Å². The summed E-state index contributed by atoms with van der Waals surface area (Å²) in [7, 11) is 0. The Morgan fingerprint density at radius 1 is 1.09 bits per heavy atom. The van der Waals surface area contributed by atoms with Gasteiger partial charge in [-0.2, -0.15) is 0 Å². The molecule has 0 aliphatic carbocycles. The summed E-state index contributed by atoms with van der Waals surface area (Å²) >= 11 is 0. The predicted molar refractivity (Wildman–Crippen MR) is 91.9 cm³/mol. The van der Waals surface area contributed by atoms with E-state index in [1.807, 2.05) is 30.3 Å². The Hall–Kier alpha value is -2.89. The van der Waals surface area contributed by atoms with Gasteiger partial charge in [0.2, 0.25) is 5.95 Å². The van der Waals surface area contributed by atoms with Gasteiger partial charge in [-0.3, -0.25) is 0 Å². The van der Waals surface area contributed by atoms with E-state index in [1.54, 1.807) is 12.1 Å². The maximum absolute atomic E-state index is 10.1. The van der Waals surface area contributed by atoms with E-state index < -0.39 is 0 Å². The second kappa shape index (κ2) is 6.48. The number of benzene rings is 2. The van der Waals surface area contributed by atoms with Gasteiger partial charge in [-0.25, -0.2) is 4.98 Å². The van der Waals surface area contributed by atoms with Gasteiger partial charge in [0.25, 0.3) is 0 Å². The number of aromatic nitrogens is 2. The predicted octanol–water partition coefficient (Wildman–Crippen LogP) is 4.53. The third-order valence-corrected chi connectivity index (χ3v) is 3.72. The van der Waals surface area contributed by atoms with E-state index in [0.717, 1.165) is 29.8 Å². The van der Waals surface area contributed by atoms with Crippen molar-refractivity contribution < 1.29 is 5.11 Å². The van der Waals surface area contributed by atoms with Gasteiger partial charge in [0.1, 0.15) is 11.4 Å². The number of phenols is 1. The summed E-state index contributed by atoms with van der Waals surface area (Å²) in [5.74, 6) is 0.521. The fourth-order valence-corrected chi connectivity index (χ4v) is 2.47. The Morgan fingerprint density at radius 3 is 2.57 bits per heavy atom. The average Bonchev–Trinajstić information content (AvgIpc) is 2.98. The fourth-order valence-electron chi connectivity index (χ4n) is 2.47. The molecule has 118 valence electrons. The van der Waals surface area contributed by atoms with Gasteiger partial charge in [0, 0.05) is 24.8 Å². The smallest absolute Gasteiger partial charge is 0.247 e. The number of nitrogens with one attached hydrogen (secondary N) is 1. The molecule has 6 heteroatoms. The van der Waals surface area contributed by atoms with Crippen LogP contribution in [0.3, 0.4) is 0 Å². The lowest BCUT2D eigenvalue weighted by Gasteiger charge is -2.21. The van der Waals surface area contributed by atoms with Crippen molar-refractivity contribution in [1.82, 2.24) is 9.97 Å². The van der Waals surface area contributed by atoms with Crippen molar-refractivity contribution in [3.8, 4) is 5.75 Å². The number of fused-ring (bicyclic) bond motifs is 1. The summed E-state index contributed by atoms with van der Waals surface area (Å²) in [6, 6.07) is 13.1. The van der Waals surface area contributed by atoms with Gasteiger partial charge < -0.3 is 15.0 Å². The lowest BCUT2D eigenvalue weighted by Crippen LogP contribution is -2.21. The van der Waals surface area contributed by atoms with Crippen LogP contribution >= 0.6 is 0 Å². The number of H-pyrrole nitrogens is 1. The van der Waals surface area contributed by atoms with Crippen molar-refractivity contribution in [2.75, 3.05) is 18.0 Å². The lowest BCUT2D eigenvalue weighted by molar-refractivity contribution is 0.476. The Kier molecular flexibility index (Phi) is 4.23. The van der Waals surface area contributed by atoms with E-state index in [2.05, 4.69) is 38.9 Å². The number of aromatic hydroxyl groups is 1. The first-order valence-corrected chi connectivity index (χ1v) is 7.65. The highest BCUT2D eigenvalue weighted by Gasteiger charge is 2.07. The number of anilines is 1. The Labute approximate surface area is 134 Å². The summed E-state index contributed by atoms with van der Waals surface area (Å²) in [6.07, 6.45) is 0. The molecule has 1 aromatic heterocycles. The molecule has 0 saturated heterocycles. The van der Waals surface area contributed by atoms with Crippen molar-refractivity contribution >= 4 is 28.4 Å². The first kappa shape index (κ1) is 15.0. The van der Waals surface area contributed by atoms with Crippen LogP contribution in [0.4, 0.5) is 17.3 Å². The topological polar surface area (TPSA) is 76.9 Å². The number of rotatable bonds is 5. The number of para-hydroxylation sites is 2. The second-order valence-electron chi connectivity index (χ2n) is 5.12. The highest BCUT2D eigenvalue weighted by molar-refractivity contribution is 5.76. The number of hydrogen-bond donors (Lipinski definition) is 2. The summed E-state index contributed by atoms with van der Waals surface area (Å²) in [5.41, 5.74) is 3.13. The van der Waals surface area contributed by atoms with Crippen LogP contribution in [-0.2, 0) is 0 Å². The zero-order chi connectivity index (χ0) is 16.2. The molecule has 0 fully saturated rings. The molecule has 0 radical (unpaired) electrons. The number of nitrogens with zero attached hydrogens (tertiary/aromatic N) is 4. The molecule has 0 amide bonds. The summed E-state index contributed by atoms with van der Waals surface area (Å²) in [5, 5.41) is 18.3. The first-order valence-electron chi connectivity index (χ1n) is 7.65. The summed E-state index contributed by atoms with van der Waals surface area (Å²) in [6.45, 7) is 5.93. The van der Waals surface area contributed by atoms with E-state index in [9.17, 15) is 5.11 Å². The normalized spacial score (nSPS) is 11.4. The molecule has 6 nitrogen and oxygen atoms in total. The summed E-state index contributed by atoms with van der Waals surface area (Å²) < 4.78 is 0. The van der Waals surface area contributed by atoms with Crippen LogP contribution in [0.15, 0.2) is 52.7 Å². The number of phenolic OH excluding ortho intramolecular Hbond substituents is 1. The Morgan fingerprint density at radius 2 is 1.87 bits per heavy atom. The molecule has 0 bridgehead atoms. The van der Waals surface area contributed by atoms with Crippen molar-refractivity contribution in [3.05, 3.63) is 42.5 Å². The molecular weight excluding hydrogens is 290 g/mol. The lowest BCUT2D eigenvalue weighted by atomic mass is 10.2. The zero-order valence-corrected chi connectivity index (χ0v) is 13.2. The number of aromatic amines is 1. The Bertz CT molecular complexity index is 803. The minimum Gasteiger partial charge on any atom is -0.506 e. The van der Waals surface area contributed by atoms with Crippen LogP contribution in [0.25, 0.3) is 11.0 Å². The van der Waals surface area contributed by atoms with Gasteiger partial charge >= 0.3 is 0 Å². The molecule has 0 aliphatic heterocycles. The third kappa shape index (κ3) is 3.15. The van der Waals surface area contributed by atoms with E-state index in [1.165, 1.54) is 0 Å². The molecule has 2 aromatic carbocycles. The van der Waals surface area contributed by atoms with E-state index >= 15 is 0 Å². The number of hydrogen-bond acceptors (Lipinski definition) is 5. The third-order valence-electron chi connectivity index (χ3n) is 3.72. The van der Waals surface area contributed by atoms with Gasteiger partial charge in [-0.15, -0.1) is 10.2 Å². The number of azo groups is 1. The highest BCUT2D eigenvalue weighted by atomic mass is 16.3. The molecule has 0 aliphatic rings. The molecule has 3 aromatic rings. The van der Waals surface area contributed by atoms with Gasteiger partial charge in [0.05, 0.1) is 11.0 Å². The van der Waals surface area contributed by atoms with Gasteiger partial charge in [-0.1, -0.05) is 12.1 Å². The Balaban J connectivity index is 1.84. The first-order chi connectivity index (χ1) is 11.2. The van der Waals surface area contributed by atoms with Crippen LogP contribution in [-0.4, -0.2) is 28.2 Å². The van der Waals surface area contributed by atoms with Crippen molar-refractivity contribution in [3.63, 3.8) is 0 Å². The molecule has 0 spiro atoms. The molecular formula is C17H19N5O. The largest absolute Gasteiger partial charge is 0.506 e. The van der Waals surface area contributed by atoms with Crippen molar-refractivity contribution in [2.45, 2.75) is 13.8 Å². The van der Waals surface area contributed by atoms with E-state index in [0.29, 0.717) is 11.6 Å². The SMILES string of the molecule is CCN(CC)c1ccc(N=Nc2nc3ccccc3[nH]2)c(O)c1. The monoisotopic (exact) mass is 309 g/mol. The second-order valence-corrected chi connectivity index (χ2v) is 5.12. The number of imidazole rings is 1. The minimum absolute atomic E-state index is 0.106. The van der Waals surface area contributed by atoms with Gasteiger partial charge in [-0.05, 0) is 38.1 Å². The van der Waals surface area contributed by atoms with Crippen LogP contribution in [0.2, 0.25) is 0 Å². The maximum Gasteiger partial charge on any atom is 0.247 e. The molecule has 0 atom stereocenters. The molecule has 23 heavy (non-hydrogen) atoms. The van der Waals surface area contributed by atoms with Crippen LogP contribution in [0, 0.1) is 0 Å². The zero-order valence-electron chi connectivity index (χ0n) is 13.2. The highest BCUT2D eigenvalue weighted by Crippen LogP contribution is 2.32. The summed E-state index contributed by atoms with van der Waals surface area (Å²) in [4.78, 5) is 9.55. The fraction of sp³-hybridized carbons (Fsp3) is 0.235. The van der Waals surface area contributed by atoms with Gasteiger partial charge in [0.15, 0.2) is 0 Å². The quantitative estimate of drug-likeness (QED) is 0.680. The molecule has 0 unspecified atom stereocenters. The average molecular weight is 309 g/mol. The van der Waals surface area contributed by atoms with E-state index in [-0.39, 0.29) is 5.75 Å². The van der Waals surface area contributed by atoms with Crippen molar-refractivity contribution in [2.24, 2.45) is 10.2 Å². The molecule has 2 N–H and O–H groups in total. The maximum atomic E-state index is 10.1. The van der Waals surface area contributed by atoms with Crippen molar-refractivity contribution in [1.29, 1.82) is 0 Å².